The zero-order valence-corrected chi connectivity index (χ0v) is 6.45. The van der Waals surface area contributed by atoms with Crippen LogP contribution in [-0.4, -0.2) is 11.6 Å². The second-order valence-electron chi connectivity index (χ2n) is 2.04. The zero-order chi connectivity index (χ0) is 8.81. The Labute approximate surface area is 70.7 Å². The molecule has 1 heterocycles. The van der Waals surface area contributed by atoms with Gasteiger partial charge >= 0.3 is 0 Å². The fraction of sp³-hybridized carbons (Fsp3) is 0.125. The van der Waals surface area contributed by atoms with Crippen LogP contribution in [0, 0.1) is 12.3 Å². The second kappa shape index (κ2) is 4.21. The molecule has 0 saturated carbocycles. The number of anilines is 2. The van der Waals surface area contributed by atoms with Crippen LogP contribution in [-0.2, 0) is 4.84 Å². The molecule has 0 aromatic carbocycles. The third-order valence-electron chi connectivity index (χ3n) is 1.10. The van der Waals surface area contributed by atoms with Gasteiger partial charge in [0.1, 0.15) is 12.4 Å². The maximum absolute atomic E-state index is 5.42. The van der Waals surface area contributed by atoms with Crippen molar-refractivity contribution in [2.75, 3.05) is 17.8 Å². The van der Waals surface area contributed by atoms with E-state index < -0.39 is 0 Å². The molecule has 1 aromatic heterocycles. The van der Waals surface area contributed by atoms with E-state index >= 15 is 0 Å². The molecule has 0 unspecified atom stereocenters. The average Bonchev–Trinajstić information content (AvgIpc) is 2.05. The first kappa shape index (κ1) is 8.37. The monoisotopic (exact) mass is 163 g/mol. The van der Waals surface area contributed by atoms with Crippen LogP contribution in [0.4, 0.5) is 11.6 Å². The lowest BCUT2D eigenvalue weighted by atomic mass is 10.4. The Morgan fingerprint density at radius 2 is 2.50 bits per heavy atom. The van der Waals surface area contributed by atoms with Crippen LogP contribution in [0.25, 0.3) is 0 Å². The van der Waals surface area contributed by atoms with Crippen molar-refractivity contribution in [3.05, 3.63) is 18.2 Å². The lowest BCUT2D eigenvalue weighted by molar-refractivity contribution is 0.232. The molecule has 62 valence electrons. The van der Waals surface area contributed by atoms with E-state index in [1.165, 1.54) is 0 Å². The SMILES string of the molecule is C#CCONc1cccc(N)n1. The van der Waals surface area contributed by atoms with E-state index in [2.05, 4.69) is 16.4 Å². The van der Waals surface area contributed by atoms with Crippen LogP contribution in [0.3, 0.4) is 0 Å². The summed E-state index contributed by atoms with van der Waals surface area (Å²) in [5.41, 5.74) is 7.97. The number of hydrogen-bond donors (Lipinski definition) is 2. The van der Waals surface area contributed by atoms with E-state index in [4.69, 9.17) is 17.0 Å². The second-order valence-corrected chi connectivity index (χ2v) is 2.04. The lowest BCUT2D eigenvalue weighted by Gasteiger charge is -2.02. The van der Waals surface area contributed by atoms with Crippen LogP contribution < -0.4 is 11.2 Å². The van der Waals surface area contributed by atoms with Gasteiger partial charge in [0.2, 0.25) is 0 Å². The van der Waals surface area contributed by atoms with E-state index in [0.29, 0.717) is 11.6 Å². The fourth-order valence-electron chi connectivity index (χ4n) is 0.660. The highest BCUT2D eigenvalue weighted by atomic mass is 16.6. The van der Waals surface area contributed by atoms with Gasteiger partial charge < -0.3 is 5.73 Å². The van der Waals surface area contributed by atoms with Gasteiger partial charge in [-0.2, -0.15) is 0 Å². The highest BCUT2D eigenvalue weighted by Gasteiger charge is 1.91. The first-order chi connectivity index (χ1) is 5.83. The molecule has 4 nitrogen and oxygen atoms in total. The molecule has 1 rings (SSSR count). The highest BCUT2D eigenvalue weighted by molar-refractivity contribution is 5.40. The fourth-order valence-corrected chi connectivity index (χ4v) is 0.660. The summed E-state index contributed by atoms with van der Waals surface area (Å²) in [6, 6.07) is 5.18. The Morgan fingerprint density at radius 1 is 1.67 bits per heavy atom. The minimum atomic E-state index is 0.191. The number of nitrogens with one attached hydrogen (secondary N) is 1. The predicted octanol–water partition coefficient (Wildman–Crippen LogP) is 0.640. The maximum atomic E-state index is 5.42. The molecule has 0 aliphatic heterocycles. The van der Waals surface area contributed by atoms with Crippen LogP contribution in [0.15, 0.2) is 18.2 Å². The Morgan fingerprint density at radius 3 is 3.17 bits per heavy atom. The minimum Gasteiger partial charge on any atom is -0.384 e. The summed E-state index contributed by atoms with van der Waals surface area (Å²) in [6.07, 6.45) is 4.96. The molecule has 0 fully saturated rings. The number of nitrogens with two attached hydrogens (primary N) is 1. The van der Waals surface area contributed by atoms with E-state index in [-0.39, 0.29) is 6.61 Å². The molecule has 3 N–H and O–H groups in total. The average molecular weight is 163 g/mol. The van der Waals surface area contributed by atoms with Gasteiger partial charge in [-0.05, 0) is 12.1 Å². The van der Waals surface area contributed by atoms with Crippen LogP contribution in [0.1, 0.15) is 0 Å². The number of hydrogen-bond acceptors (Lipinski definition) is 4. The number of aromatic nitrogens is 1. The van der Waals surface area contributed by atoms with Crippen LogP contribution >= 0.6 is 0 Å². The van der Waals surface area contributed by atoms with Gasteiger partial charge in [0.05, 0.1) is 0 Å². The Hall–Kier alpha value is -1.73. The lowest BCUT2D eigenvalue weighted by Crippen LogP contribution is -2.03. The van der Waals surface area contributed by atoms with Gasteiger partial charge in [0.25, 0.3) is 0 Å². The highest BCUT2D eigenvalue weighted by Crippen LogP contribution is 2.04. The van der Waals surface area contributed by atoms with Crippen molar-refractivity contribution < 1.29 is 4.84 Å². The van der Waals surface area contributed by atoms with Crippen molar-refractivity contribution in [3.8, 4) is 12.3 Å². The van der Waals surface area contributed by atoms with Gasteiger partial charge in [-0.1, -0.05) is 12.0 Å². The summed E-state index contributed by atoms with van der Waals surface area (Å²) in [5, 5.41) is 0. The van der Waals surface area contributed by atoms with E-state index in [1.807, 2.05) is 0 Å². The maximum Gasteiger partial charge on any atom is 0.152 e. The molecule has 0 aliphatic carbocycles. The topological polar surface area (TPSA) is 60.2 Å². The minimum absolute atomic E-state index is 0.191. The van der Waals surface area contributed by atoms with Gasteiger partial charge in [0.15, 0.2) is 5.82 Å². The molecule has 0 atom stereocenters. The molecule has 0 aliphatic rings. The molecular formula is C8H9N3O. The Kier molecular flexibility index (Phi) is 2.94. The molecule has 1 aromatic rings. The number of nitrogen functional groups attached to an aromatic ring is 1. The summed E-state index contributed by atoms with van der Waals surface area (Å²) < 4.78 is 0. The summed E-state index contributed by atoms with van der Waals surface area (Å²) in [4.78, 5) is 8.74. The van der Waals surface area contributed by atoms with Crippen molar-refractivity contribution in [2.45, 2.75) is 0 Å². The van der Waals surface area contributed by atoms with E-state index in [1.54, 1.807) is 18.2 Å². The predicted molar refractivity (Wildman–Crippen MR) is 47.1 cm³/mol. The summed E-state index contributed by atoms with van der Waals surface area (Å²) >= 11 is 0. The van der Waals surface area contributed by atoms with Crippen molar-refractivity contribution in [1.82, 2.24) is 4.98 Å². The van der Waals surface area contributed by atoms with Crippen LogP contribution in [0.5, 0.6) is 0 Å². The molecule has 12 heavy (non-hydrogen) atoms. The normalized spacial score (nSPS) is 8.92. The van der Waals surface area contributed by atoms with Crippen molar-refractivity contribution in [3.63, 3.8) is 0 Å². The van der Waals surface area contributed by atoms with E-state index in [0.717, 1.165) is 0 Å². The van der Waals surface area contributed by atoms with Gasteiger partial charge in [-0.25, -0.2) is 10.5 Å². The summed E-state index contributed by atoms with van der Waals surface area (Å²) in [7, 11) is 0. The molecule has 0 amide bonds. The first-order valence-corrected chi connectivity index (χ1v) is 3.36. The number of terminal acetylenes is 1. The molecule has 4 heteroatoms. The Bertz CT molecular complexity index is 293. The van der Waals surface area contributed by atoms with Crippen LogP contribution in [0.2, 0.25) is 0 Å². The number of nitrogens with zero attached hydrogens (tertiary/aromatic N) is 1. The molecule has 0 spiro atoms. The standard InChI is InChI=1S/C8H9N3O/c1-2-6-12-11-8-5-3-4-7(9)10-8/h1,3-5H,6H2,(H3,9,10,11). The Balaban J connectivity index is 2.48. The molecule has 0 radical (unpaired) electrons. The van der Waals surface area contributed by atoms with Gasteiger partial charge in [0, 0.05) is 0 Å². The summed E-state index contributed by atoms with van der Waals surface area (Å²) in [5.74, 6) is 3.29. The molecule has 0 saturated heterocycles. The molecule has 0 bridgehead atoms. The largest absolute Gasteiger partial charge is 0.384 e. The van der Waals surface area contributed by atoms with Crippen molar-refractivity contribution in [1.29, 1.82) is 0 Å². The van der Waals surface area contributed by atoms with Gasteiger partial charge in [-0.15, -0.1) is 6.42 Å². The van der Waals surface area contributed by atoms with Crippen molar-refractivity contribution >= 4 is 11.6 Å². The third-order valence-corrected chi connectivity index (χ3v) is 1.10. The quantitative estimate of drug-likeness (QED) is 0.390. The first-order valence-electron chi connectivity index (χ1n) is 3.36. The third kappa shape index (κ3) is 2.48. The number of pyridine rings is 1. The molecular weight excluding hydrogens is 154 g/mol. The summed E-state index contributed by atoms with van der Waals surface area (Å²) in [6.45, 7) is 0.191. The van der Waals surface area contributed by atoms with Crippen molar-refractivity contribution in [2.24, 2.45) is 0 Å². The zero-order valence-electron chi connectivity index (χ0n) is 6.45. The van der Waals surface area contributed by atoms with E-state index in [9.17, 15) is 0 Å². The number of rotatable bonds is 3. The van der Waals surface area contributed by atoms with Gasteiger partial charge in [-0.3, -0.25) is 4.84 Å². The smallest absolute Gasteiger partial charge is 0.152 e.